The van der Waals surface area contributed by atoms with Crippen LogP contribution in [0, 0.1) is 195 Å². The van der Waals surface area contributed by atoms with Crippen molar-refractivity contribution in [1.29, 1.82) is 0 Å². The summed E-state index contributed by atoms with van der Waals surface area (Å²) in [6.07, 6.45) is 11.6. The number of ether oxygens (including phenoxy) is 10. The largest absolute Gasteiger partial charge is 0.462 e. The van der Waals surface area contributed by atoms with E-state index in [2.05, 4.69) is 0 Å². The van der Waals surface area contributed by atoms with Gasteiger partial charge in [-0.15, -0.1) is 0 Å². The monoisotopic (exact) mass is 1120 g/mol. The maximum absolute atomic E-state index is 15.8. The Bertz CT molecular complexity index is 2370. The average molecular weight is 1120 g/mol. The Hall–Kier alpha value is -2.36. The first kappa shape index (κ1) is 52.9. The molecule has 446 valence electrons. The SMILES string of the molecule is CC(C)(C)OC(=O)COCCOCCOCCOC(=O)C1(C(=O)OCCOCCOCCOCC(=O)OC(C)(C)C)C2C3C4CCC5C6CCC7C8CCC9C%10CCC%11C%12C%10C%10C9C8C8C7C6C6C5C4C4C5C6C8C%10C5C%12C(C43)C%11C21. The molecule has 0 aromatic heterocycles. The predicted molar refractivity (Wildman–Crippen MR) is 290 cm³/mol. The third kappa shape index (κ3) is 7.13. The van der Waals surface area contributed by atoms with Crippen molar-refractivity contribution >= 4 is 23.9 Å². The molecule has 0 aromatic rings. The zero-order chi connectivity index (χ0) is 54.9. The number of rotatable bonds is 24. The molecule has 17 rings (SSSR count). The second-order valence-electron chi connectivity index (χ2n) is 32.2. The molecule has 0 heterocycles. The number of carbonyl (C=O) groups is 4. The van der Waals surface area contributed by atoms with Crippen LogP contribution in [0.3, 0.4) is 0 Å². The van der Waals surface area contributed by atoms with Crippen LogP contribution in [-0.4, -0.2) is 128 Å². The van der Waals surface area contributed by atoms with Crippen molar-refractivity contribution in [1.82, 2.24) is 0 Å². The molecular weight excluding hydrogens is 1030 g/mol. The second kappa shape index (κ2) is 18.8. The first-order valence-electron chi connectivity index (χ1n) is 33.5. The van der Waals surface area contributed by atoms with E-state index in [0.717, 1.165) is 142 Å². The Labute approximate surface area is 480 Å². The fraction of sp³-hybridized carbons (Fsp3) is 0.940. The van der Waals surface area contributed by atoms with Gasteiger partial charge in [0.1, 0.15) is 37.6 Å². The van der Waals surface area contributed by atoms with Gasteiger partial charge in [0.25, 0.3) is 0 Å². The highest BCUT2D eigenvalue weighted by molar-refractivity contribution is 6.05. The van der Waals surface area contributed by atoms with Gasteiger partial charge in [0.15, 0.2) is 5.41 Å². The molecule has 0 bridgehead atoms. The van der Waals surface area contributed by atoms with Crippen molar-refractivity contribution in [2.45, 2.75) is 104 Å². The quantitative estimate of drug-likeness (QED) is 0.0397. The van der Waals surface area contributed by atoms with Crippen molar-refractivity contribution in [3.8, 4) is 0 Å². The van der Waals surface area contributed by atoms with Crippen LogP contribution >= 0.6 is 0 Å². The summed E-state index contributed by atoms with van der Waals surface area (Å²) in [4.78, 5) is 55.6. The molecule has 17 aliphatic rings. The third-order valence-electron chi connectivity index (χ3n) is 28.5. The van der Waals surface area contributed by atoms with Crippen molar-refractivity contribution in [2.24, 2.45) is 195 Å². The van der Waals surface area contributed by atoms with Gasteiger partial charge in [-0.2, -0.15) is 0 Å². The van der Waals surface area contributed by atoms with E-state index >= 15 is 9.59 Å². The zero-order valence-electron chi connectivity index (χ0n) is 49.2. The predicted octanol–water partition coefficient (Wildman–Crippen LogP) is 7.91. The van der Waals surface area contributed by atoms with Crippen molar-refractivity contribution in [2.75, 3.05) is 92.5 Å². The highest BCUT2D eigenvalue weighted by Gasteiger charge is 2.94. The van der Waals surface area contributed by atoms with Gasteiger partial charge < -0.3 is 47.4 Å². The van der Waals surface area contributed by atoms with Crippen molar-refractivity contribution < 1.29 is 66.5 Å². The Morgan fingerprint density at radius 2 is 0.519 bits per heavy atom. The standard InChI is InChI=1S/C67H94O14/c1-65(2,3)80-37(68)27-76-21-19-72-15-17-74-23-25-78-63(70)67(64(71)79-26-24-75-18-16-73-20-22-77-28-38(69)81-66(4,5)6)61-47-35-13-11-33-31-9-7-29-30-8-10-32-34-12-14-36-46-44(34)51-42(32)40(30)49-39(29)41(31)50-43(33)45(35)52-54(47)55(48(36)62(61)67)53(46)60-58(51)56(49)57(50)59(52)60/h29-36,39-62H,7-28H2,1-6H3. The van der Waals surface area contributed by atoms with Gasteiger partial charge in [0, 0.05) is 0 Å². The van der Waals surface area contributed by atoms with Crippen molar-refractivity contribution in [3.05, 3.63) is 0 Å². The first-order chi connectivity index (χ1) is 39.2. The van der Waals surface area contributed by atoms with Gasteiger partial charge in [-0.3, -0.25) is 9.59 Å². The molecule has 17 fully saturated rings. The lowest BCUT2D eigenvalue weighted by atomic mass is 9.43. The Morgan fingerprint density at radius 1 is 0.296 bits per heavy atom. The summed E-state index contributed by atoms with van der Waals surface area (Å²) in [6, 6.07) is 0. The Kier molecular flexibility index (Phi) is 12.3. The summed E-state index contributed by atoms with van der Waals surface area (Å²) in [5.74, 6) is 24.5. The van der Waals surface area contributed by atoms with E-state index in [1.807, 2.05) is 41.5 Å². The summed E-state index contributed by atoms with van der Waals surface area (Å²) in [7, 11) is 0. The van der Waals surface area contributed by atoms with Crippen LogP contribution in [-0.2, 0) is 66.5 Å². The van der Waals surface area contributed by atoms with Gasteiger partial charge in [-0.25, -0.2) is 9.59 Å². The molecule has 0 N–H and O–H groups in total. The highest BCUT2D eigenvalue weighted by Crippen LogP contribution is 2.95. The highest BCUT2D eigenvalue weighted by atomic mass is 16.6. The topological polar surface area (TPSA) is 161 Å². The molecule has 14 heteroatoms. The molecule has 14 nitrogen and oxygen atoms in total. The number of esters is 4. The van der Waals surface area contributed by atoms with Crippen LogP contribution in [0.15, 0.2) is 0 Å². The minimum Gasteiger partial charge on any atom is -0.462 e. The number of carbonyl (C=O) groups excluding carboxylic acids is 4. The first-order valence-corrected chi connectivity index (χ1v) is 33.5. The fourth-order valence-electron chi connectivity index (χ4n) is 29.1. The van der Waals surface area contributed by atoms with E-state index in [1.165, 1.54) is 38.5 Å². The van der Waals surface area contributed by atoms with Crippen LogP contribution in [0.2, 0.25) is 0 Å². The molecule has 0 aromatic carbocycles. The molecular formula is C67H94O14. The third-order valence-corrected chi connectivity index (χ3v) is 28.5. The minimum atomic E-state index is -1.29. The van der Waals surface area contributed by atoms with Gasteiger partial charge in [-0.05, 0) is 282 Å². The lowest BCUT2D eigenvalue weighted by molar-refractivity contribution is -0.169. The zero-order valence-corrected chi connectivity index (χ0v) is 49.2. The van der Waals surface area contributed by atoms with Crippen LogP contribution in [0.5, 0.6) is 0 Å². The van der Waals surface area contributed by atoms with Gasteiger partial charge in [0.05, 0.1) is 66.1 Å². The molecule has 0 aliphatic heterocycles. The maximum Gasteiger partial charge on any atom is 0.332 e. The minimum absolute atomic E-state index is 0.00787. The van der Waals surface area contributed by atoms with E-state index in [0.29, 0.717) is 75.1 Å². The summed E-state index contributed by atoms with van der Waals surface area (Å²) in [5, 5.41) is 0. The molecule has 81 heavy (non-hydrogen) atoms. The number of hydrogen-bond donors (Lipinski definition) is 0. The maximum atomic E-state index is 15.8. The molecule has 30 unspecified atom stereocenters. The molecule has 0 amide bonds. The van der Waals surface area contributed by atoms with Crippen LogP contribution < -0.4 is 0 Å². The number of hydrogen-bond acceptors (Lipinski definition) is 14. The van der Waals surface area contributed by atoms with E-state index in [-0.39, 0.29) is 76.6 Å². The summed E-state index contributed by atoms with van der Waals surface area (Å²) < 4.78 is 58.0. The molecule has 17 aliphatic carbocycles. The smallest absolute Gasteiger partial charge is 0.332 e. The van der Waals surface area contributed by atoms with E-state index < -0.39 is 28.6 Å². The molecule has 0 spiro atoms. The Balaban J connectivity index is 0.638. The summed E-state index contributed by atoms with van der Waals surface area (Å²) >= 11 is 0. The lowest BCUT2D eigenvalue weighted by Crippen LogP contribution is -2.58. The molecule has 17 saturated carbocycles. The Morgan fingerprint density at radius 3 is 0.815 bits per heavy atom. The molecule has 30 atom stereocenters. The number of fused-ring (bicyclic) bond motifs is 8. The second-order valence-corrected chi connectivity index (χ2v) is 32.2. The van der Waals surface area contributed by atoms with Crippen molar-refractivity contribution in [3.63, 3.8) is 0 Å². The normalized spacial score (nSPS) is 52.0. The van der Waals surface area contributed by atoms with Gasteiger partial charge in [-0.1, -0.05) is 0 Å². The van der Waals surface area contributed by atoms with Gasteiger partial charge >= 0.3 is 23.9 Å². The van der Waals surface area contributed by atoms with Crippen LogP contribution in [0.4, 0.5) is 0 Å². The average Bonchev–Trinajstić information content (AvgIpc) is 1.44. The van der Waals surface area contributed by atoms with Gasteiger partial charge in [0.2, 0.25) is 0 Å². The molecule has 0 saturated heterocycles. The summed E-state index contributed by atoms with van der Waals surface area (Å²) in [5.41, 5.74) is -2.41. The van der Waals surface area contributed by atoms with Crippen LogP contribution in [0.25, 0.3) is 0 Å². The van der Waals surface area contributed by atoms with E-state index in [4.69, 9.17) is 47.4 Å². The van der Waals surface area contributed by atoms with E-state index in [9.17, 15) is 9.59 Å². The van der Waals surface area contributed by atoms with Crippen LogP contribution in [0.1, 0.15) is 92.9 Å². The van der Waals surface area contributed by atoms with E-state index in [1.54, 1.807) is 12.8 Å². The fourth-order valence-corrected chi connectivity index (χ4v) is 29.1. The molecule has 0 radical (unpaired) electrons. The lowest BCUT2D eigenvalue weighted by Gasteiger charge is -2.61. The summed E-state index contributed by atoms with van der Waals surface area (Å²) in [6.45, 7) is 13.8.